The number of benzene rings is 1. The summed E-state index contributed by atoms with van der Waals surface area (Å²) in [7, 11) is 0.0781. The first-order chi connectivity index (χ1) is 13.1. The number of rotatable bonds is 5. The predicted octanol–water partition coefficient (Wildman–Crippen LogP) is 0.837. The molecule has 0 spiro atoms. The molecule has 0 radical (unpaired) electrons. The Morgan fingerprint density at radius 1 is 1.32 bits per heavy atom. The lowest BCUT2D eigenvalue weighted by atomic mass is 10.0. The highest BCUT2D eigenvalue weighted by Crippen LogP contribution is 2.28. The molecule has 1 amide bonds. The molecule has 1 saturated heterocycles. The molecular weight excluding hydrogens is 382 g/mol. The lowest BCUT2D eigenvalue weighted by Gasteiger charge is -2.19. The number of carbonyl (C=O) groups excluding carboxylic acids is 1. The summed E-state index contributed by atoms with van der Waals surface area (Å²) in [5.74, 6) is 0.155. The van der Waals surface area contributed by atoms with Crippen LogP contribution in [0.25, 0.3) is 0 Å². The summed E-state index contributed by atoms with van der Waals surface area (Å²) in [5.41, 5.74) is 0.954. The van der Waals surface area contributed by atoms with Crippen molar-refractivity contribution in [2.45, 2.75) is 12.3 Å². The van der Waals surface area contributed by atoms with E-state index in [-0.39, 0.29) is 23.1 Å². The Morgan fingerprint density at radius 2 is 2.04 bits per heavy atom. The van der Waals surface area contributed by atoms with Gasteiger partial charge in [-0.05, 0) is 18.6 Å². The first-order valence-corrected chi connectivity index (χ1v) is 10.7. The maximum absolute atomic E-state index is 13.0. The van der Waals surface area contributed by atoms with E-state index in [1.165, 1.54) is 6.07 Å². The molecule has 28 heavy (non-hydrogen) atoms. The second-order valence-electron chi connectivity index (χ2n) is 7.04. The lowest BCUT2D eigenvalue weighted by molar-refractivity contribution is 0.0791. The van der Waals surface area contributed by atoms with E-state index < -0.39 is 10.0 Å². The minimum Gasteiger partial charge on any atom is -0.348 e. The molecule has 1 aromatic carbocycles. The van der Waals surface area contributed by atoms with Crippen LogP contribution >= 0.6 is 0 Å². The van der Waals surface area contributed by atoms with Crippen molar-refractivity contribution in [3.8, 4) is 0 Å². The quantitative estimate of drug-likeness (QED) is 0.762. The minimum absolute atomic E-state index is 0.0556. The van der Waals surface area contributed by atoms with Crippen molar-refractivity contribution in [1.29, 1.82) is 0 Å². The number of aromatic nitrogens is 2. The third-order valence-corrected chi connectivity index (χ3v) is 5.11. The van der Waals surface area contributed by atoms with Gasteiger partial charge in [0.15, 0.2) is 0 Å². The Labute approximate surface area is 163 Å². The van der Waals surface area contributed by atoms with Crippen molar-refractivity contribution >= 4 is 27.6 Å². The fraction of sp³-hybridized carbons (Fsp3) is 0.389. The van der Waals surface area contributed by atoms with E-state index in [0.29, 0.717) is 36.7 Å². The fourth-order valence-corrected chi connectivity index (χ4v) is 3.78. The minimum atomic E-state index is -3.50. The molecule has 1 atom stereocenters. The fourth-order valence-electron chi connectivity index (χ4n) is 3.20. The van der Waals surface area contributed by atoms with Crippen LogP contribution in [0.3, 0.4) is 0 Å². The summed E-state index contributed by atoms with van der Waals surface area (Å²) in [5, 5.41) is 0. The molecular formula is C18H23N5O4S. The lowest BCUT2D eigenvalue weighted by Crippen LogP contribution is -2.30. The molecule has 1 fully saturated rings. The molecule has 9 nitrogen and oxygen atoms in total. The van der Waals surface area contributed by atoms with Gasteiger partial charge >= 0.3 is 0 Å². The van der Waals surface area contributed by atoms with E-state index in [9.17, 15) is 18.0 Å². The van der Waals surface area contributed by atoms with E-state index in [1.807, 2.05) is 0 Å². The van der Waals surface area contributed by atoms with Gasteiger partial charge < -0.3 is 9.80 Å². The number of anilines is 2. The molecule has 2 N–H and O–H groups in total. The predicted molar refractivity (Wildman–Crippen MR) is 107 cm³/mol. The van der Waals surface area contributed by atoms with Crippen LogP contribution in [0, 0.1) is 0 Å². The van der Waals surface area contributed by atoms with Gasteiger partial charge in [-0.25, -0.2) is 13.4 Å². The van der Waals surface area contributed by atoms with Gasteiger partial charge in [-0.15, -0.1) is 0 Å². The van der Waals surface area contributed by atoms with Gasteiger partial charge in [0.25, 0.3) is 11.5 Å². The van der Waals surface area contributed by atoms with Crippen LogP contribution in [-0.2, 0) is 10.0 Å². The van der Waals surface area contributed by atoms with Crippen LogP contribution in [0.15, 0.2) is 35.1 Å². The number of nitrogens with zero attached hydrogens (tertiary/aromatic N) is 3. The molecule has 3 rings (SSSR count). The maximum Gasteiger partial charge on any atom is 0.256 e. The number of carbonyl (C=O) groups is 1. The first kappa shape index (κ1) is 19.9. The van der Waals surface area contributed by atoms with Crippen LogP contribution in [0.4, 0.5) is 11.6 Å². The smallest absolute Gasteiger partial charge is 0.256 e. The average molecular weight is 405 g/mol. The molecule has 2 heterocycles. The van der Waals surface area contributed by atoms with E-state index in [0.717, 1.165) is 6.26 Å². The topological polar surface area (TPSA) is 115 Å². The van der Waals surface area contributed by atoms with Gasteiger partial charge in [0.1, 0.15) is 0 Å². The van der Waals surface area contributed by atoms with Crippen LogP contribution in [-0.4, -0.2) is 62.6 Å². The van der Waals surface area contributed by atoms with Gasteiger partial charge in [-0.3, -0.25) is 19.3 Å². The Bertz CT molecular complexity index is 1050. The Morgan fingerprint density at radius 3 is 2.71 bits per heavy atom. The van der Waals surface area contributed by atoms with Crippen molar-refractivity contribution in [2.24, 2.45) is 0 Å². The third kappa shape index (κ3) is 4.50. The summed E-state index contributed by atoms with van der Waals surface area (Å²) in [6.07, 6.45) is 1.72. The van der Waals surface area contributed by atoms with Crippen molar-refractivity contribution in [1.82, 2.24) is 14.9 Å². The largest absolute Gasteiger partial charge is 0.348 e. The zero-order valence-electron chi connectivity index (χ0n) is 16.0. The molecule has 1 aromatic heterocycles. The number of aromatic amines is 1. The van der Waals surface area contributed by atoms with Crippen molar-refractivity contribution < 1.29 is 13.2 Å². The first-order valence-electron chi connectivity index (χ1n) is 8.79. The van der Waals surface area contributed by atoms with E-state index in [2.05, 4.69) is 14.7 Å². The molecule has 1 aliphatic rings. The average Bonchev–Trinajstić information content (AvgIpc) is 3.10. The highest BCUT2D eigenvalue weighted by Gasteiger charge is 2.30. The number of amides is 1. The standard InChI is InChI=1S/C18H23N5O4S/c1-22(2)18-19-15(10-16(24)20-18)12-8-9-23(11-12)17(25)13-6-4-5-7-14(13)21-28(3,26)27/h4-7,10,12,21H,8-9,11H2,1-3H3,(H,19,20,24). The number of hydrogen-bond donors (Lipinski definition) is 2. The second-order valence-corrected chi connectivity index (χ2v) is 8.79. The SMILES string of the molecule is CN(C)c1nc(C2CCN(C(=O)c3ccccc3NS(C)(=O)=O)C2)cc(=O)[nH]1. The normalized spacial score (nSPS) is 16.8. The Balaban J connectivity index is 1.82. The van der Waals surface area contributed by atoms with E-state index in [1.54, 1.807) is 48.2 Å². The molecule has 0 bridgehead atoms. The van der Waals surface area contributed by atoms with Gasteiger partial charge in [-0.1, -0.05) is 12.1 Å². The summed E-state index contributed by atoms with van der Waals surface area (Å²) < 4.78 is 25.5. The number of H-pyrrole nitrogens is 1. The molecule has 0 aliphatic carbocycles. The van der Waals surface area contributed by atoms with Crippen molar-refractivity contribution in [2.75, 3.05) is 43.1 Å². The van der Waals surface area contributed by atoms with Gasteiger partial charge in [0.2, 0.25) is 16.0 Å². The number of hydrogen-bond acceptors (Lipinski definition) is 6. The molecule has 1 aliphatic heterocycles. The molecule has 10 heteroatoms. The van der Waals surface area contributed by atoms with Gasteiger partial charge in [0.05, 0.1) is 23.2 Å². The van der Waals surface area contributed by atoms with E-state index >= 15 is 0 Å². The number of likely N-dealkylation sites (tertiary alicyclic amines) is 1. The second kappa shape index (κ2) is 7.63. The Hall–Kier alpha value is -2.88. The molecule has 0 saturated carbocycles. The van der Waals surface area contributed by atoms with Crippen LogP contribution in [0.2, 0.25) is 0 Å². The van der Waals surface area contributed by atoms with Crippen LogP contribution in [0.1, 0.15) is 28.4 Å². The van der Waals surface area contributed by atoms with Gasteiger partial charge in [-0.2, -0.15) is 0 Å². The van der Waals surface area contributed by atoms with Crippen molar-refractivity contribution in [3.63, 3.8) is 0 Å². The van der Waals surface area contributed by atoms with Crippen LogP contribution < -0.4 is 15.2 Å². The molecule has 150 valence electrons. The highest BCUT2D eigenvalue weighted by atomic mass is 32.2. The maximum atomic E-state index is 13.0. The summed E-state index contributed by atoms with van der Waals surface area (Å²) in [6.45, 7) is 0.915. The van der Waals surface area contributed by atoms with Crippen molar-refractivity contribution in [3.05, 3.63) is 51.9 Å². The summed E-state index contributed by atoms with van der Waals surface area (Å²) >= 11 is 0. The molecule has 2 aromatic rings. The zero-order chi connectivity index (χ0) is 20.5. The monoisotopic (exact) mass is 405 g/mol. The number of sulfonamides is 1. The third-order valence-electron chi connectivity index (χ3n) is 4.52. The molecule has 1 unspecified atom stereocenters. The highest BCUT2D eigenvalue weighted by molar-refractivity contribution is 7.92. The summed E-state index contributed by atoms with van der Waals surface area (Å²) in [4.78, 5) is 35.4. The number of para-hydroxylation sites is 1. The summed E-state index contributed by atoms with van der Waals surface area (Å²) in [6, 6.07) is 7.98. The Kier molecular flexibility index (Phi) is 5.41. The zero-order valence-corrected chi connectivity index (χ0v) is 16.8. The van der Waals surface area contributed by atoms with Crippen LogP contribution in [0.5, 0.6) is 0 Å². The van der Waals surface area contributed by atoms with E-state index in [4.69, 9.17) is 0 Å². The number of nitrogens with one attached hydrogen (secondary N) is 2. The van der Waals surface area contributed by atoms with Gasteiger partial charge in [0, 0.05) is 39.2 Å².